The molecule has 2 aromatic rings. The van der Waals surface area contributed by atoms with Crippen molar-refractivity contribution in [3.05, 3.63) is 35.7 Å². The predicted molar refractivity (Wildman–Crippen MR) is 81.2 cm³/mol. The lowest BCUT2D eigenvalue weighted by atomic mass is 10.1. The summed E-state index contributed by atoms with van der Waals surface area (Å²) >= 11 is 0.902. The van der Waals surface area contributed by atoms with Crippen LogP contribution in [0.4, 0.5) is 18.9 Å². The molecule has 1 amide bonds. The Morgan fingerprint density at radius 3 is 2.61 bits per heavy atom. The minimum Gasteiger partial charge on any atom is -0.325 e. The zero-order valence-corrected chi connectivity index (χ0v) is 13.3. The van der Waals surface area contributed by atoms with E-state index >= 15 is 0 Å². The van der Waals surface area contributed by atoms with Crippen molar-refractivity contribution in [2.75, 3.05) is 11.1 Å². The fourth-order valence-corrected chi connectivity index (χ4v) is 2.67. The SMILES string of the molecule is CCc1ccccc1NC(=O)CSc1nnc(C(F)(F)F)n1C. The van der Waals surface area contributed by atoms with Gasteiger partial charge >= 0.3 is 6.18 Å². The number of thioether (sulfide) groups is 1. The van der Waals surface area contributed by atoms with Gasteiger partial charge in [-0.25, -0.2) is 0 Å². The molecule has 0 unspecified atom stereocenters. The standard InChI is InChI=1S/C14H15F3N4OS/c1-3-9-6-4-5-7-10(9)18-11(22)8-23-13-20-19-12(21(13)2)14(15,16)17/h4-7H,3,8H2,1-2H3,(H,18,22). The number of aryl methyl sites for hydroxylation is 1. The van der Waals surface area contributed by atoms with Crippen molar-refractivity contribution < 1.29 is 18.0 Å². The molecule has 9 heteroatoms. The molecule has 0 radical (unpaired) electrons. The zero-order valence-electron chi connectivity index (χ0n) is 12.5. The fraction of sp³-hybridized carbons (Fsp3) is 0.357. The lowest BCUT2D eigenvalue weighted by molar-refractivity contribution is -0.147. The summed E-state index contributed by atoms with van der Waals surface area (Å²) in [5.41, 5.74) is 1.69. The van der Waals surface area contributed by atoms with E-state index in [4.69, 9.17) is 0 Å². The van der Waals surface area contributed by atoms with Crippen molar-refractivity contribution in [1.29, 1.82) is 0 Å². The van der Waals surface area contributed by atoms with Gasteiger partial charge < -0.3 is 9.88 Å². The van der Waals surface area contributed by atoms with E-state index in [0.717, 1.165) is 28.3 Å². The van der Waals surface area contributed by atoms with E-state index in [-0.39, 0.29) is 16.8 Å². The molecule has 0 spiro atoms. The minimum absolute atomic E-state index is 0.0382. The summed E-state index contributed by atoms with van der Waals surface area (Å²) < 4.78 is 38.7. The molecule has 0 aliphatic heterocycles. The van der Waals surface area contributed by atoms with Crippen LogP contribution < -0.4 is 5.32 Å². The second-order valence-electron chi connectivity index (χ2n) is 4.71. The molecule has 0 atom stereocenters. The number of benzene rings is 1. The summed E-state index contributed by atoms with van der Waals surface area (Å²) in [4.78, 5) is 12.0. The first-order valence-electron chi connectivity index (χ1n) is 6.80. The number of hydrogen-bond donors (Lipinski definition) is 1. The third kappa shape index (κ3) is 4.25. The van der Waals surface area contributed by atoms with E-state index in [1.165, 1.54) is 7.05 Å². The Morgan fingerprint density at radius 2 is 2.00 bits per heavy atom. The topological polar surface area (TPSA) is 59.8 Å². The van der Waals surface area contributed by atoms with Crippen molar-refractivity contribution in [3.8, 4) is 0 Å². The molecule has 1 aromatic heterocycles. The number of carbonyl (C=O) groups excluding carboxylic acids is 1. The van der Waals surface area contributed by atoms with Gasteiger partial charge in [-0.15, -0.1) is 10.2 Å². The van der Waals surface area contributed by atoms with Crippen molar-refractivity contribution >= 4 is 23.4 Å². The zero-order chi connectivity index (χ0) is 17.0. The van der Waals surface area contributed by atoms with Gasteiger partial charge in [0.05, 0.1) is 5.75 Å². The van der Waals surface area contributed by atoms with Gasteiger partial charge in [0.2, 0.25) is 11.7 Å². The number of amides is 1. The summed E-state index contributed by atoms with van der Waals surface area (Å²) in [6.45, 7) is 1.97. The van der Waals surface area contributed by atoms with Gasteiger partial charge in [-0.2, -0.15) is 13.2 Å². The van der Waals surface area contributed by atoms with E-state index < -0.39 is 12.0 Å². The smallest absolute Gasteiger partial charge is 0.325 e. The first-order valence-corrected chi connectivity index (χ1v) is 7.78. The summed E-state index contributed by atoms with van der Waals surface area (Å²) in [5, 5.41) is 9.37. The molecular weight excluding hydrogens is 329 g/mol. The highest BCUT2D eigenvalue weighted by Crippen LogP contribution is 2.29. The van der Waals surface area contributed by atoms with Crippen LogP contribution in [0.25, 0.3) is 0 Å². The third-order valence-corrected chi connectivity index (χ3v) is 4.11. The second kappa shape index (κ2) is 7.03. The number of carbonyl (C=O) groups is 1. The molecule has 0 aliphatic carbocycles. The maximum absolute atomic E-state index is 12.6. The van der Waals surface area contributed by atoms with Crippen molar-refractivity contribution in [2.45, 2.75) is 24.7 Å². The van der Waals surface area contributed by atoms with Crippen molar-refractivity contribution in [1.82, 2.24) is 14.8 Å². The molecule has 0 saturated carbocycles. The molecule has 1 N–H and O–H groups in total. The number of hydrogen-bond acceptors (Lipinski definition) is 4. The van der Waals surface area contributed by atoms with Crippen LogP contribution in [0.2, 0.25) is 0 Å². The number of anilines is 1. The summed E-state index contributed by atoms with van der Waals surface area (Å²) in [7, 11) is 1.22. The monoisotopic (exact) mass is 344 g/mol. The van der Waals surface area contributed by atoms with Gasteiger partial charge in [0, 0.05) is 12.7 Å². The molecule has 0 saturated heterocycles. The highest BCUT2D eigenvalue weighted by molar-refractivity contribution is 7.99. The maximum atomic E-state index is 12.6. The van der Waals surface area contributed by atoms with E-state index in [1.54, 1.807) is 12.1 Å². The molecule has 0 bridgehead atoms. The lowest BCUT2D eigenvalue weighted by Gasteiger charge is -2.09. The van der Waals surface area contributed by atoms with Crippen molar-refractivity contribution in [3.63, 3.8) is 0 Å². The Labute approximate surface area is 135 Å². The molecule has 5 nitrogen and oxygen atoms in total. The maximum Gasteiger partial charge on any atom is 0.451 e. The number of para-hydroxylation sites is 1. The number of nitrogens with zero attached hydrogens (tertiary/aromatic N) is 3. The molecule has 124 valence electrons. The minimum atomic E-state index is -4.57. The number of halogens is 3. The Balaban J connectivity index is 1.99. The number of nitrogens with one attached hydrogen (secondary N) is 1. The Morgan fingerprint density at radius 1 is 1.30 bits per heavy atom. The largest absolute Gasteiger partial charge is 0.451 e. The molecule has 23 heavy (non-hydrogen) atoms. The number of alkyl halides is 3. The van der Waals surface area contributed by atoms with E-state index in [0.29, 0.717) is 5.69 Å². The molecule has 1 heterocycles. The van der Waals surface area contributed by atoms with Gasteiger partial charge in [0.15, 0.2) is 5.16 Å². The van der Waals surface area contributed by atoms with Crippen LogP contribution in [0.15, 0.2) is 29.4 Å². The normalized spacial score (nSPS) is 11.5. The van der Waals surface area contributed by atoms with Crippen LogP contribution in [-0.2, 0) is 24.4 Å². The van der Waals surface area contributed by atoms with Gasteiger partial charge in [0.25, 0.3) is 0 Å². The molecule has 0 aliphatic rings. The first-order chi connectivity index (χ1) is 10.8. The Bertz CT molecular complexity index is 700. The molecular formula is C14H15F3N4OS. The number of aromatic nitrogens is 3. The molecule has 2 rings (SSSR count). The van der Waals surface area contributed by atoms with Crippen LogP contribution in [0.3, 0.4) is 0 Å². The summed E-state index contributed by atoms with van der Waals surface area (Å²) in [6.07, 6.45) is -3.80. The van der Waals surface area contributed by atoms with Crippen LogP contribution in [0.1, 0.15) is 18.3 Å². The first kappa shape index (κ1) is 17.3. The average molecular weight is 344 g/mol. The van der Waals surface area contributed by atoms with E-state index in [2.05, 4.69) is 15.5 Å². The quantitative estimate of drug-likeness (QED) is 0.847. The highest BCUT2D eigenvalue weighted by atomic mass is 32.2. The molecule has 0 fully saturated rings. The van der Waals surface area contributed by atoms with E-state index in [9.17, 15) is 18.0 Å². The Hall–Kier alpha value is -2.03. The number of rotatable bonds is 5. The van der Waals surface area contributed by atoms with Crippen LogP contribution in [-0.4, -0.2) is 26.4 Å². The van der Waals surface area contributed by atoms with Crippen molar-refractivity contribution in [2.24, 2.45) is 7.05 Å². The van der Waals surface area contributed by atoms with Crippen LogP contribution in [0.5, 0.6) is 0 Å². The lowest BCUT2D eigenvalue weighted by Crippen LogP contribution is -2.16. The molecule has 1 aromatic carbocycles. The van der Waals surface area contributed by atoms with Gasteiger partial charge in [0.1, 0.15) is 0 Å². The van der Waals surface area contributed by atoms with Crippen LogP contribution in [0, 0.1) is 0 Å². The highest BCUT2D eigenvalue weighted by Gasteiger charge is 2.37. The van der Waals surface area contributed by atoms with Gasteiger partial charge in [-0.1, -0.05) is 36.9 Å². The Kier molecular flexibility index (Phi) is 5.30. The second-order valence-corrected chi connectivity index (χ2v) is 5.65. The average Bonchev–Trinajstić information content (AvgIpc) is 2.87. The van der Waals surface area contributed by atoms with Gasteiger partial charge in [-0.3, -0.25) is 4.79 Å². The summed E-state index contributed by atoms with van der Waals surface area (Å²) in [6, 6.07) is 7.37. The fourth-order valence-electron chi connectivity index (χ4n) is 1.95. The summed E-state index contributed by atoms with van der Waals surface area (Å²) in [5.74, 6) is -1.45. The third-order valence-electron chi connectivity index (χ3n) is 3.09. The van der Waals surface area contributed by atoms with Crippen LogP contribution >= 0.6 is 11.8 Å². The predicted octanol–water partition coefficient (Wildman–Crippen LogP) is 3.13. The van der Waals surface area contributed by atoms with E-state index in [1.807, 2.05) is 19.1 Å². The van der Waals surface area contributed by atoms with Gasteiger partial charge in [-0.05, 0) is 18.1 Å².